The van der Waals surface area contributed by atoms with Gasteiger partial charge in [-0.15, -0.1) is 0 Å². The second-order valence-electron chi connectivity index (χ2n) is 2.01. The van der Waals surface area contributed by atoms with E-state index < -0.39 is 10.1 Å². The topological polar surface area (TPSA) is 63.6 Å². The van der Waals surface area contributed by atoms with Gasteiger partial charge in [0.05, 0.1) is 4.90 Å². The molecule has 0 heterocycles. The van der Waals surface area contributed by atoms with Crippen LogP contribution in [0.5, 0.6) is 5.75 Å². The summed E-state index contributed by atoms with van der Waals surface area (Å²) < 4.78 is 26.0. The molecule has 0 bridgehead atoms. The average Bonchev–Trinajstić information content (AvgIpc) is 2.05. The van der Waals surface area contributed by atoms with Crippen LogP contribution >= 0.6 is 16.3 Å². The minimum Gasteiger partial charge on any atom is -0.508 e. The molecule has 0 fully saturated rings. The molecule has 0 saturated heterocycles. The Morgan fingerprint density at radius 3 is 2.58 bits per heavy atom. The van der Waals surface area contributed by atoms with Gasteiger partial charge in [-0.25, -0.2) is 0 Å². The van der Waals surface area contributed by atoms with Gasteiger partial charge in [0.15, 0.2) is 0 Å². The van der Waals surface area contributed by atoms with Crippen LogP contribution in [0, 0.1) is 0 Å². The summed E-state index contributed by atoms with van der Waals surface area (Å²) in [5, 5.41) is 8.94. The van der Waals surface area contributed by atoms with Crippen molar-refractivity contribution >= 4 is 26.4 Å². The summed E-state index contributed by atoms with van der Waals surface area (Å²) in [4.78, 5) is -0.0978. The smallest absolute Gasteiger partial charge is 0.307 e. The lowest BCUT2D eigenvalue weighted by Crippen LogP contribution is -1.98. The number of phenolic OH excluding ortho intramolecular Hbond substituents is 1. The molecule has 0 radical (unpaired) electrons. The Morgan fingerprint density at radius 1 is 1.42 bits per heavy atom. The first-order chi connectivity index (χ1) is 5.56. The van der Waals surface area contributed by atoms with Crippen LogP contribution in [0.3, 0.4) is 0 Å². The zero-order valence-corrected chi connectivity index (χ0v) is 8.17. The van der Waals surface area contributed by atoms with Crippen LogP contribution in [0.15, 0.2) is 29.2 Å². The summed E-state index contributed by atoms with van der Waals surface area (Å²) in [6.45, 7) is 0. The molecule has 0 amide bonds. The minimum absolute atomic E-state index is 0.0978. The van der Waals surface area contributed by atoms with Crippen molar-refractivity contribution in [3.05, 3.63) is 24.3 Å². The molecule has 0 aliphatic rings. The summed E-state index contributed by atoms with van der Waals surface area (Å²) in [6.07, 6.45) is 0. The van der Waals surface area contributed by atoms with Gasteiger partial charge in [-0.3, -0.25) is 0 Å². The number of benzene rings is 1. The van der Waals surface area contributed by atoms with Crippen molar-refractivity contribution in [1.82, 2.24) is 0 Å². The minimum atomic E-state index is -3.76. The lowest BCUT2D eigenvalue weighted by molar-refractivity contribution is 0.471. The Morgan fingerprint density at radius 2 is 2.08 bits per heavy atom. The molecule has 6 heteroatoms. The third kappa shape index (κ3) is 1.96. The Balaban J connectivity index is 3.21. The number of aromatic hydroxyl groups is 1. The Hall–Kier alpha value is -0.590. The van der Waals surface area contributed by atoms with Gasteiger partial charge in [-0.05, 0) is 12.1 Å². The second-order valence-corrected chi connectivity index (χ2v) is 4.31. The molecule has 4 nitrogen and oxygen atoms in total. The van der Waals surface area contributed by atoms with Gasteiger partial charge < -0.3 is 5.11 Å². The number of hydrogen-bond acceptors (Lipinski definition) is 4. The molecule has 1 N–H and O–H groups in total. The highest BCUT2D eigenvalue weighted by molar-refractivity contribution is 9.06. The zero-order valence-electron chi connectivity index (χ0n) is 5.77. The quantitative estimate of drug-likeness (QED) is 0.865. The first-order valence-electron chi connectivity index (χ1n) is 2.90. The molecule has 0 saturated carbocycles. The van der Waals surface area contributed by atoms with E-state index >= 15 is 0 Å². The van der Waals surface area contributed by atoms with Gasteiger partial charge in [0, 0.05) is 6.07 Å². The average molecular weight is 253 g/mol. The highest BCUT2D eigenvalue weighted by atomic mass is 79.9. The van der Waals surface area contributed by atoms with Gasteiger partial charge in [0.2, 0.25) is 0 Å². The van der Waals surface area contributed by atoms with Crippen LogP contribution in [0.2, 0.25) is 0 Å². The van der Waals surface area contributed by atoms with Gasteiger partial charge in [-0.1, -0.05) is 6.07 Å². The fourth-order valence-electron chi connectivity index (χ4n) is 0.675. The molecule has 0 atom stereocenters. The lowest BCUT2D eigenvalue weighted by Gasteiger charge is -1.98. The molecule has 66 valence electrons. The predicted molar refractivity (Wildman–Crippen MR) is 45.3 cm³/mol. The number of halogens is 1. The van der Waals surface area contributed by atoms with E-state index in [4.69, 9.17) is 5.11 Å². The van der Waals surface area contributed by atoms with Crippen LogP contribution in [-0.2, 0) is 13.4 Å². The van der Waals surface area contributed by atoms with Crippen molar-refractivity contribution in [1.29, 1.82) is 0 Å². The van der Waals surface area contributed by atoms with Crippen LogP contribution in [0.4, 0.5) is 0 Å². The van der Waals surface area contributed by atoms with E-state index in [-0.39, 0.29) is 10.6 Å². The summed E-state index contributed by atoms with van der Waals surface area (Å²) in [6, 6.07) is 5.19. The van der Waals surface area contributed by atoms with E-state index in [0.717, 1.165) is 6.07 Å². The van der Waals surface area contributed by atoms with Gasteiger partial charge >= 0.3 is 10.1 Å². The number of phenols is 1. The number of rotatable bonds is 2. The largest absolute Gasteiger partial charge is 0.508 e. The molecule has 0 aliphatic carbocycles. The van der Waals surface area contributed by atoms with Crippen LogP contribution in [0.1, 0.15) is 0 Å². The van der Waals surface area contributed by atoms with Gasteiger partial charge in [-0.2, -0.15) is 11.7 Å². The molecule has 1 rings (SSSR count). The Labute approximate surface area is 78.4 Å². The van der Waals surface area contributed by atoms with Crippen LogP contribution < -0.4 is 0 Å². The van der Waals surface area contributed by atoms with Crippen molar-refractivity contribution < 1.29 is 16.8 Å². The standard InChI is InChI=1S/C6H5BrO4S/c7-11-12(9,10)6-3-1-2-5(8)4-6/h1-4,8H. The normalized spacial score (nSPS) is 11.4. The number of hydrogen-bond donors (Lipinski definition) is 1. The summed E-state index contributed by atoms with van der Waals surface area (Å²) in [5.41, 5.74) is 0. The van der Waals surface area contributed by atoms with Crippen molar-refractivity contribution in [3.63, 3.8) is 0 Å². The van der Waals surface area contributed by atoms with Crippen molar-refractivity contribution in [2.75, 3.05) is 0 Å². The molecule has 0 spiro atoms. The van der Waals surface area contributed by atoms with E-state index in [1.807, 2.05) is 0 Å². The van der Waals surface area contributed by atoms with E-state index in [9.17, 15) is 8.42 Å². The molecule has 0 aliphatic heterocycles. The highest BCUT2D eigenvalue weighted by Crippen LogP contribution is 2.18. The summed E-state index contributed by atoms with van der Waals surface area (Å²) in [7, 11) is -3.76. The first kappa shape index (κ1) is 9.50. The fraction of sp³-hybridized carbons (Fsp3) is 0. The highest BCUT2D eigenvalue weighted by Gasteiger charge is 2.13. The SMILES string of the molecule is O=S(=O)(OBr)c1cccc(O)c1. The van der Waals surface area contributed by atoms with E-state index in [1.54, 1.807) is 0 Å². The maximum atomic E-state index is 11.0. The third-order valence-electron chi connectivity index (χ3n) is 1.19. The molecule has 1 aromatic rings. The predicted octanol–water partition coefficient (Wildman–Crippen LogP) is 1.41. The van der Waals surface area contributed by atoms with E-state index in [0.29, 0.717) is 0 Å². The molecule has 0 unspecified atom stereocenters. The van der Waals surface area contributed by atoms with Crippen molar-refractivity contribution in [3.8, 4) is 5.75 Å². The monoisotopic (exact) mass is 252 g/mol. The molecule has 1 aromatic carbocycles. The van der Waals surface area contributed by atoms with Gasteiger partial charge in [0.1, 0.15) is 22.0 Å². The first-order valence-corrected chi connectivity index (χ1v) is 4.96. The second kappa shape index (κ2) is 3.42. The van der Waals surface area contributed by atoms with Crippen LogP contribution in [-0.4, -0.2) is 13.5 Å². The lowest BCUT2D eigenvalue weighted by atomic mass is 10.3. The van der Waals surface area contributed by atoms with Crippen molar-refractivity contribution in [2.24, 2.45) is 0 Å². The molecular weight excluding hydrogens is 248 g/mol. The Kier molecular flexibility index (Phi) is 2.71. The van der Waals surface area contributed by atoms with Gasteiger partial charge in [0.25, 0.3) is 0 Å². The maximum absolute atomic E-state index is 11.0. The molecular formula is C6H5BrO4S. The summed E-state index contributed by atoms with van der Waals surface area (Å²) in [5.74, 6) is -0.124. The Bertz CT molecular complexity index is 373. The maximum Gasteiger partial charge on any atom is 0.307 e. The molecule has 12 heavy (non-hydrogen) atoms. The van der Waals surface area contributed by atoms with E-state index in [2.05, 4.69) is 19.5 Å². The summed E-state index contributed by atoms with van der Waals surface area (Å²) >= 11 is 2.36. The zero-order chi connectivity index (χ0) is 9.19. The fourth-order valence-corrected chi connectivity index (χ4v) is 1.72. The van der Waals surface area contributed by atoms with Crippen molar-refractivity contribution in [2.45, 2.75) is 4.90 Å². The van der Waals surface area contributed by atoms with E-state index in [1.165, 1.54) is 18.2 Å². The molecule has 0 aromatic heterocycles. The third-order valence-corrected chi connectivity index (χ3v) is 3.23. The van der Waals surface area contributed by atoms with Crippen LogP contribution in [0.25, 0.3) is 0 Å².